The maximum Gasteiger partial charge on any atom is 0.0638 e. The number of rotatable bonds is 1. The summed E-state index contributed by atoms with van der Waals surface area (Å²) in [7, 11) is 0. The van der Waals surface area contributed by atoms with E-state index in [9.17, 15) is 0 Å². The molecule has 13 heavy (non-hydrogen) atoms. The summed E-state index contributed by atoms with van der Waals surface area (Å²) >= 11 is 1.84. The van der Waals surface area contributed by atoms with Gasteiger partial charge in [0.1, 0.15) is 0 Å². The van der Waals surface area contributed by atoms with Crippen molar-refractivity contribution in [2.75, 3.05) is 12.4 Å². The van der Waals surface area contributed by atoms with Crippen LogP contribution < -0.4 is 5.32 Å². The molecule has 0 spiro atoms. The van der Waals surface area contributed by atoms with Crippen molar-refractivity contribution in [3.8, 4) is 0 Å². The quantitative estimate of drug-likeness (QED) is 0.664. The SMILES string of the molecule is Cc1ccccc1C=C1C[N]CS1. The number of aryl methyl sites for hydroxylation is 1. The van der Waals surface area contributed by atoms with Crippen LogP contribution in [-0.2, 0) is 0 Å². The van der Waals surface area contributed by atoms with Gasteiger partial charge in [-0.2, -0.15) is 0 Å². The first-order valence-electron chi connectivity index (χ1n) is 4.38. The Morgan fingerprint density at radius 2 is 2.23 bits per heavy atom. The second-order valence-electron chi connectivity index (χ2n) is 3.12. The number of nitrogens with zero attached hydrogens (tertiary/aromatic N) is 1. The fraction of sp³-hybridized carbons (Fsp3) is 0.273. The van der Waals surface area contributed by atoms with E-state index in [4.69, 9.17) is 0 Å². The highest BCUT2D eigenvalue weighted by molar-refractivity contribution is 8.03. The molecule has 1 fully saturated rings. The van der Waals surface area contributed by atoms with Crippen LogP contribution in [0.4, 0.5) is 0 Å². The fourth-order valence-electron chi connectivity index (χ4n) is 1.34. The van der Waals surface area contributed by atoms with Crippen molar-refractivity contribution < 1.29 is 0 Å². The third-order valence-corrected chi connectivity index (χ3v) is 3.04. The van der Waals surface area contributed by atoms with Crippen molar-refractivity contribution >= 4 is 17.8 Å². The molecule has 0 aromatic heterocycles. The van der Waals surface area contributed by atoms with Crippen LogP contribution in [0.2, 0.25) is 0 Å². The Morgan fingerprint density at radius 3 is 2.92 bits per heavy atom. The van der Waals surface area contributed by atoms with Gasteiger partial charge in [-0.05, 0) is 24.1 Å². The largest absolute Gasteiger partial charge is 0.225 e. The van der Waals surface area contributed by atoms with Crippen LogP contribution in [0.5, 0.6) is 0 Å². The monoisotopic (exact) mass is 190 g/mol. The van der Waals surface area contributed by atoms with Crippen molar-refractivity contribution in [3.63, 3.8) is 0 Å². The summed E-state index contributed by atoms with van der Waals surface area (Å²) in [5.41, 5.74) is 2.66. The smallest absolute Gasteiger partial charge is 0.0638 e. The minimum absolute atomic E-state index is 0.902. The van der Waals surface area contributed by atoms with Gasteiger partial charge in [-0.15, -0.1) is 11.8 Å². The van der Waals surface area contributed by atoms with Gasteiger partial charge in [0.25, 0.3) is 0 Å². The van der Waals surface area contributed by atoms with Crippen LogP contribution in [0.15, 0.2) is 29.2 Å². The van der Waals surface area contributed by atoms with E-state index in [1.807, 2.05) is 11.8 Å². The fourth-order valence-corrected chi connectivity index (χ4v) is 2.08. The lowest BCUT2D eigenvalue weighted by atomic mass is 10.1. The van der Waals surface area contributed by atoms with Crippen molar-refractivity contribution in [1.82, 2.24) is 5.32 Å². The minimum atomic E-state index is 0.902. The highest BCUT2D eigenvalue weighted by atomic mass is 32.2. The number of thioether (sulfide) groups is 1. The van der Waals surface area contributed by atoms with Gasteiger partial charge in [-0.1, -0.05) is 24.3 Å². The molecule has 1 heterocycles. The second kappa shape index (κ2) is 3.99. The topological polar surface area (TPSA) is 14.1 Å². The lowest BCUT2D eigenvalue weighted by molar-refractivity contribution is 0.895. The molecule has 0 N–H and O–H groups in total. The summed E-state index contributed by atoms with van der Waals surface area (Å²) in [5.74, 6) is 0.928. The number of hydrogen-bond donors (Lipinski definition) is 0. The summed E-state index contributed by atoms with van der Waals surface area (Å²) in [4.78, 5) is 1.38. The van der Waals surface area contributed by atoms with Crippen LogP contribution in [-0.4, -0.2) is 12.4 Å². The molecule has 1 saturated heterocycles. The summed E-state index contributed by atoms with van der Waals surface area (Å²) < 4.78 is 0. The molecule has 1 nitrogen and oxygen atoms in total. The van der Waals surface area contributed by atoms with Crippen LogP contribution in [0, 0.1) is 6.92 Å². The first-order valence-corrected chi connectivity index (χ1v) is 5.37. The molecule has 0 unspecified atom stereocenters. The summed E-state index contributed by atoms with van der Waals surface area (Å²) in [6, 6.07) is 8.45. The molecule has 1 aromatic carbocycles. The van der Waals surface area contributed by atoms with Crippen molar-refractivity contribution in [2.45, 2.75) is 6.92 Å². The van der Waals surface area contributed by atoms with Gasteiger partial charge in [0, 0.05) is 11.4 Å². The second-order valence-corrected chi connectivity index (χ2v) is 4.19. The predicted octanol–water partition coefficient (Wildman–Crippen LogP) is 2.64. The molecule has 2 heteroatoms. The standard InChI is InChI=1S/C11H12NS/c1-9-4-2-3-5-10(9)6-11-7-12-8-13-11/h2-6H,7-8H2,1H3. The lowest BCUT2D eigenvalue weighted by Gasteiger charge is -1.99. The average molecular weight is 190 g/mol. The number of benzene rings is 1. The molecule has 67 valence electrons. The predicted molar refractivity (Wildman–Crippen MR) is 58.6 cm³/mol. The molecular formula is C11H12NS. The molecule has 0 bridgehead atoms. The van der Waals surface area contributed by atoms with E-state index in [0.29, 0.717) is 0 Å². The molecule has 0 amide bonds. The Balaban J connectivity index is 2.25. The van der Waals surface area contributed by atoms with E-state index in [1.165, 1.54) is 16.0 Å². The van der Waals surface area contributed by atoms with Gasteiger partial charge >= 0.3 is 0 Å². The van der Waals surface area contributed by atoms with Gasteiger partial charge in [0.05, 0.1) is 5.88 Å². The molecule has 2 rings (SSSR count). The summed E-state index contributed by atoms with van der Waals surface area (Å²) in [6.45, 7) is 3.04. The van der Waals surface area contributed by atoms with E-state index in [-0.39, 0.29) is 0 Å². The first-order chi connectivity index (χ1) is 6.36. The lowest BCUT2D eigenvalue weighted by Crippen LogP contribution is -1.94. The molecule has 1 radical (unpaired) electrons. The normalized spacial score (nSPS) is 19.6. The summed E-state index contributed by atoms with van der Waals surface area (Å²) in [5, 5.41) is 4.29. The Kier molecular flexibility index (Phi) is 2.71. The van der Waals surface area contributed by atoms with Gasteiger partial charge in [-0.3, -0.25) is 0 Å². The van der Waals surface area contributed by atoms with Crippen LogP contribution >= 0.6 is 11.8 Å². The van der Waals surface area contributed by atoms with Crippen molar-refractivity contribution in [1.29, 1.82) is 0 Å². The molecule has 0 aliphatic carbocycles. The Bertz CT molecular complexity index is 323. The zero-order valence-electron chi connectivity index (χ0n) is 7.66. The van der Waals surface area contributed by atoms with Gasteiger partial charge in [0.15, 0.2) is 0 Å². The molecule has 1 aliphatic rings. The molecular weight excluding hydrogens is 178 g/mol. The third-order valence-electron chi connectivity index (χ3n) is 2.11. The minimum Gasteiger partial charge on any atom is -0.225 e. The summed E-state index contributed by atoms with van der Waals surface area (Å²) in [6.07, 6.45) is 2.25. The maximum absolute atomic E-state index is 4.29. The van der Waals surface area contributed by atoms with Crippen LogP contribution in [0.1, 0.15) is 11.1 Å². The van der Waals surface area contributed by atoms with E-state index >= 15 is 0 Å². The molecule has 0 atom stereocenters. The van der Waals surface area contributed by atoms with Crippen molar-refractivity contribution in [2.24, 2.45) is 0 Å². The zero-order chi connectivity index (χ0) is 9.10. The highest BCUT2D eigenvalue weighted by Crippen LogP contribution is 2.24. The van der Waals surface area contributed by atoms with Gasteiger partial charge in [0.2, 0.25) is 0 Å². The average Bonchev–Trinajstić information content (AvgIpc) is 2.61. The van der Waals surface area contributed by atoms with Gasteiger partial charge in [-0.25, -0.2) is 5.32 Å². The van der Waals surface area contributed by atoms with E-state index < -0.39 is 0 Å². The number of hydrogen-bond acceptors (Lipinski definition) is 1. The maximum atomic E-state index is 4.29. The van der Waals surface area contributed by atoms with Crippen LogP contribution in [0.3, 0.4) is 0 Å². The van der Waals surface area contributed by atoms with E-state index in [2.05, 4.69) is 42.6 Å². The van der Waals surface area contributed by atoms with Crippen molar-refractivity contribution in [3.05, 3.63) is 40.3 Å². The highest BCUT2D eigenvalue weighted by Gasteiger charge is 2.07. The molecule has 0 saturated carbocycles. The Morgan fingerprint density at radius 1 is 1.38 bits per heavy atom. The van der Waals surface area contributed by atoms with Gasteiger partial charge < -0.3 is 0 Å². The zero-order valence-corrected chi connectivity index (χ0v) is 8.47. The first kappa shape index (κ1) is 8.85. The van der Waals surface area contributed by atoms with Crippen LogP contribution in [0.25, 0.3) is 6.08 Å². The Labute approximate surface area is 83.2 Å². The molecule has 1 aliphatic heterocycles. The molecule has 1 aromatic rings. The van der Waals surface area contributed by atoms with E-state index in [1.54, 1.807) is 0 Å². The Hall–Kier alpha value is -0.730. The third kappa shape index (κ3) is 2.14. The van der Waals surface area contributed by atoms with E-state index in [0.717, 1.165) is 12.4 Å².